The lowest BCUT2D eigenvalue weighted by molar-refractivity contribution is -0.121. The quantitative estimate of drug-likeness (QED) is 0.672. The van der Waals surface area contributed by atoms with E-state index >= 15 is 0 Å². The van der Waals surface area contributed by atoms with Crippen LogP contribution >= 0.6 is 0 Å². The van der Waals surface area contributed by atoms with E-state index < -0.39 is 0 Å². The van der Waals surface area contributed by atoms with Crippen LogP contribution in [0, 0.1) is 6.92 Å². The molecule has 0 bridgehead atoms. The topological polar surface area (TPSA) is 41.1 Å². The minimum atomic E-state index is 0.115. The highest BCUT2D eigenvalue weighted by Crippen LogP contribution is 2.03. The molecule has 0 aliphatic carbocycles. The first-order valence-electron chi connectivity index (χ1n) is 7.25. The Morgan fingerprint density at radius 3 is 2.79 bits per heavy atom. The van der Waals surface area contributed by atoms with Crippen molar-refractivity contribution in [3.63, 3.8) is 0 Å². The molecule has 1 aromatic carbocycles. The molecule has 106 valence electrons. The Morgan fingerprint density at radius 2 is 2.05 bits per heavy atom. The number of nitrogens with one attached hydrogen (secondary N) is 2. The van der Waals surface area contributed by atoms with Gasteiger partial charge >= 0.3 is 0 Å². The van der Waals surface area contributed by atoms with E-state index in [4.69, 9.17) is 0 Å². The molecule has 1 amide bonds. The van der Waals surface area contributed by atoms with Crippen LogP contribution in [0.4, 0.5) is 0 Å². The molecule has 0 spiro atoms. The van der Waals surface area contributed by atoms with Gasteiger partial charge in [-0.1, -0.05) is 49.6 Å². The summed E-state index contributed by atoms with van der Waals surface area (Å²) in [6, 6.07) is 8.22. The van der Waals surface area contributed by atoms with Crippen molar-refractivity contribution in [1.82, 2.24) is 10.6 Å². The van der Waals surface area contributed by atoms with Crippen LogP contribution in [0.15, 0.2) is 24.3 Å². The highest BCUT2D eigenvalue weighted by Gasteiger charge is 2.00. The van der Waals surface area contributed by atoms with Gasteiger partial charge in [-0.3, -0.25) is 4.79 Å². The van der Waals surface area contributed by atoms with Gasteiger partial charge in [0.1, 0.15) is 0 Å². The zero-order valence-corrected chi connectivity index (χ0v) is 12.2. The van der Waals surface area contributed by atoms with Gasteiger partial charge in [0.2, 0.25) is 5.91 Å². The summed E-state index contributed by atoms with van der Waals surface area (Å²) < 4.78 is 0. The van der Waals surface area contributed by atoms with Crippen LogP contribution in [0.3, 0.4) is 0 Å². The zero-order chi connectivity index (χ0) is 13.9. The van der Waals surface area contributed by atoms with E-state index in [1.54, 1.807) is 0 Å². The summed E-state index contributed by atoms with van der Waals surface area (Å²) in [5.74, 6) is 0.115. The monoisotopic (exact) mass is 262 g/mol. The van der Waals surface area contributed by atoms with Gasteiger partial charge in [-0.25, -0.2) is 0 Å². The van der Waals surface area contributed by atoms with E-state index in [0.717, 1.165) is 18.7 Å². The molecule has 0 fully saturated rings. The van der Waals surface area contributed by atoms with Crippen LogP contribution in [-0.2, 0) is 11.3 Å². The van der Waals surface area contributed by atoms with Gasteiger partial charge in [-0.15, -0.1) is 0 Å². The van der Waals surface area contributed by atoms with E-state index in [9.17, 15) is 4.79 Å². The van der Waals surface area contributed by atoms with Crippen molar-refractivity contribution in [2.75, 3.05) is 13.1 Å². The van der Waals surface area contributed by atoms with Gasteiger partial charge in [0.05, 0.1) is 0 Å². The number of unbranched alkanes of at least 4 members (excludes halogenated alkanes) is 2. The molecule has 0 saturated carbocycles. The standard InChI is InChI=1S/C16H26N2O/c1-3-4-5-10-17-11-9-16(19)18-13-15-8-6-7-14(2)12-15/h6-8,12,17H,3-5,9-11,13H2,1-2H3,(H,18,19). The molecule has 19 heavy (non-hydrogen) atoms. The summed E-state index contributed by atoms with van der Waals surface area (Å²) in [5.41, 5.74) is 2.38. The fourth-order valence-corrected chi connectivity index (χ4v) is 1.94. The Hall–Kier alpha value is -1.35. The van der Waals surface area contributed by atoms with Gasteiger partial charge in [0.15, 0.2) is 0 Å². The predicted octanol–water partition coefficient (Wildman–Crippen LogP) is 2.78. The summed E-state index contributed by atoms with van der Waals surface area (Å²) in [7, 11) is 0. The van der Waals surface area contributed by atoms with Gasteiger partial charge in [0.25, 0.3) is 0 Å². The highest BCUT2D eigenvalue weighted by atomic mass is 16.1. The molecular formula is C16H26N2O. The molecule has 0 unspecified atom stereocenters. The van der Waals surface area contributed by atoms with Gasteiger partial charge in [0, 0.05) is 19.5 Å². The molecule has 0 saturated heterocycles. The number of aryl methyl sites for hydroxylation is 1. The largest absolute Gasteiger partial charge is 0.352 e. The zero-order valence-electron chi connectivity index (χ0n) is 12.2. The fourth-order valence-electron chi connectivity index (χ4n) is 1.94. The van der Waals surface area contributed by atoms with Crippen LogP contribution in [0.1, 0.15) is 43.7 Å². The first-order chi connectivity index (χ1) is 9.22. The number of rotatable bonds is 9. The minimum Gasteiger partial charge on any atom is -0.352 e. The Bertz CT molecular complexity index is 377. The van der Waals surface area contributed by atoms with Crippen LogP contribution in [0.2, 0.25) is 0 Å². The van der Waals surface area contributed by atoms with Crippen LogP contribution < -0.4 is 10.6 Å². The lowest BCUT2D eigenvalue weighted by atomic mass is 10.1. The molecule has 0 aromatic heterocycles. The van der Waals surface area contributed by atoms with E-state index in [2.05, 4.69) is 36.6 Å². The summed E-state index contributed by atoms with van der Waals surface area (Å²) in [5, 5.41) is 6.25. The minimum absolute atomic E-state index is 0.115. The van der Waals surface area contributed by atoms with Crippen LogP contribution in [-0.4, -0.2) is 19.0 Å². The second kappa shape index (κ2) is 9.56. The maximum Gasteiger partial charge on any atom is 0.221 e. The number of hydrogen-bond acceptors (Lipinski definition) is 2. The van der Waals surface area contributed by atoms with Gasteiger partial charge < -0.3 is 10.6 Å². The van der Waals surface area contributed by atoms with E-state index in [-0.39, 0.29) is 5.91 Å². The second-order valence-electron chi connectivity index (χ2n) is 4.97. The molecule has 0 atom stereocenters. The van der Waals surface area contributed by atoms with Crippen LogP contribution in [0.5, 0.6) is 0 Å². The third-order valence-electron chi connectivity index (χ3n) is 3.06. The Balaban J connectivity index is 2.08. The van der Waals surface area contributed by atoms with E-state index in [1.165, 1.54) is 24.8 Å². The molecule has 1 aromatic rings. The highest BCUT2D eigenvalue weighted by molar-refractivity contribution is 5.76. The number of carbonyl (C=O) groups excluding carboxylic acids is 1. The fraction of sp³-hybridized carbons (Fsp3) is 0.562. The number of amides is 1. The van der Waals surface area contributed by atoms with Crippen molar-refractivity contribution >= 4 is 5.91 Å². The average molecular weight is 262 g/mol. The Labute approximate surface area is 116 Å². The molecular weight excluding hydrogens is 236 g/mol. The third kappa shape index (κ3) is 7.62. The van der Waals surface area contributed by atoms with E-state index in [0.29, 0.717) is 13.0 Å². The van der Waals surface area contributed by atoms with Crippen LogP contribution in [0.25, 0.3) is 0 Å². The molecule has 0 aliphatic heterocycles. The molecule has 0 radical (unpaired) electrons. The van der Waals surface area contributed by atoms with Crippen molar-refractivity contribution in [2.24, 2.45) is 0 Å². The molecule has 1 rings (SSSR count). The Kier molecular flexibility index (Phi) is 7.91. The van der Waals surface area contributed by atoms with Crippen molar-refractivity contribution in [2.45, 2.75) is 46.1 Å². The normalized spacial score (nSPS) is 10.4. The summed E-state index contributed by atoms with van der Waals surface area (Å²) in [6.45, 7) is 6.66. The first kappa shape index (κ1) is 15.7. The molecule has 0 aliphatic rings. The Morgan fingerprint density at radius 1 is 1.21 bits per heavy atom. The van der Waals surface area contributed by atoms with Crippen molar-refractivity contribution in [3.05, 3.63) is 35.4 Å². The van der Waals surface area contributed by atoms with E-state index in [1.807, 2.05) is 12.1 Å². The van der Waals surface area contributed by atoms with Crippen molar-refractivity contribution < 1.29 is 4.79 Å². The smallest absolute Gasteiger partial charge is 0.221 e. The maximum absolute atomic E-state index is 11.6. The average Bonchev–Trinajstić information content (AvgIpc) is 2.40. The third-order valence-corrected chi connectivity index (χ3v) is 3.06. The molecule has 0 heterocycles. The molecule has 3 heteroatoms. The number of benzene rings is 1. The maximum atomic E-state index is 11.6. The number of hydrogen-bond donors (Lipinski definition) is 2. The van der Waals surface area contributed by atoms with Gasteiger partial charge in [-0.05, 0) is 25.5 Å². The first-order valence-corrected chi connectivity index (χ1v) is 7.25. The molecule has 2 N–H and O–H groups in total. The number of carbonyl (C=O) groups is 1. The lowest BCUT2D eigenvalue weighted by Gasteiger charge is -2.07. The van der Waals surface area contributed by atoms with Crippen molar-refractivity contribution in [3.8, 4) is 0 Å². The predicted molar refractivity (Wildman–Crippen MR) is 80.0 cm³/mol. The van der Waals surface area contributed by atoms with Crippen molar-refractivity contribution in [1.29, 1.82) is 0 Å². The molecule has 3 nitrogen and oxygen atoms in total. The lowest BCUT2D eigenvalue weighted by Crippen LogP contribution is -2.27. The second-order valence-corrected chi connectivity index (χ2v) is 4.97. The summed E-state index contributed by atoms with van der Waals surface area (Å²) in [4.78, 5) is 11.6. The summed E-state index contributed by atoms with van der Waals surface area (Å²) >= 11 is 0. The SMILES string of the molecule is CCCCCNCCC(=O)NCc1cccc(C)c1. The summed E-state index contributed by atoms with van der Waals surface area (Å²) in [6.07, 6.45) is 4.24. The van der Waals surface area contributed by atoms with Gasteiger partial charge in [-0.2, -0.15) is 0 Å².